The number of nitrogens with zero attached hydrogens (tertiary/aromatic N) is 3. The van der Waals surface area contributed by atoms with E-state index in [1.54, 1.807) is 23.0 Å². The van der Waals surface area contributed by atoms with Crippen molar-refractivity contribution in [2.45, 2.75) is 26.4 Å². The third-order valence-corrected chi connectivity index (χ3v) is 2.06. The minimum atomic E-state index is -0.335. The van der Waals surface area contributed by atoms with Crippen LogP contribution in [0.1, 0.15) is 13.3 Å². The highest BCUT2D eigenvalue weighted by Gasteiger charge is 2.06. The van der Waals surface area contributed by atoms with Crippen LogP contribution in [0, 0.1) is 11.3 Å². The molecule has 0 aromatic carbocycles. The Labute approximate surface area is 93.1 Å². The van der Waals surface area contributed by atoms with Gasteiger partial charge in [-0.3, -0.25) is 13.9 Å². The number of nitrogens with one attached hydrogen (secondary N) is 1. The Morgan fingerprint density at radius 3 is 2.81 bits per heavy atom. The first-order valence-corrected chi connectivity index (χ1v) is 5.08. The molecule has 6 heteroatoms. The number of aromatic nitrogens is 2. The van der Waals surface area contributed by atoms with Crippen LogP contribution in [0.3, 0.4) is 0 Å². The van der Waals surface area contributed by atoms with Gasteiger partial charge in [0.15, 0.2) is 0 Å². The number of imidazole rings is 1. The lowest BCUT2D eigenvalue weighted by Gasteiger charge is -2.01. The summed E-state index contributed by atoms with van der Waals surface area (Å²) in [5, 5.41) is 10.7. The van der Waals surface area contributed by atoms with E-state index in [9.17, 15) is 9.59 Å². The molecule has 0 unspecified atom stereocenters. The zero-order chi connectivity index (χ0) is 12.0. The van der Waals surface area contributed by atoms with E-state index in [1.807, 2.05) is 6.92 Å². The third-order valence-electron chi connectivity index (χ3n) is 2.06. The Morgan fingerprint density at radius 2 is 2.19 bits per heavy atom. The molecule has 1 rings (SSSR count). The molecule has 86 valence electrons. The van der Waals surface area contributed by atoms with Crippen LogP contribution < -0.4 is 11.0 Å². The van der Waals surface area contributed by atoms with Crippen molar-refractivity contribution in [3.8, 4) is 6.07 Å². The van der Waals surface area contributed by atoms with Crippen molar-refractivity contribution in [2.75, 3.05) is 6.54 Å². The fourth-order valence-corrected chi connectivity index (χ4v) is 1.33. The summed E-state index contributed by atoms with van der Waals surface area (Å²) in [6.07, 6.45) is 4.10. The van der Waals surface area contributed by atoms with E-state index in [0.29, 0.717) is 6.54 Å². The van der Waals surface area contributed by atoms with E-state index in [0.717, 1.165) is 6.42 Å². The smallest absolute Gasteiger partial charge is 0.328 e. The Morgan fingerprint density at radius 1 is 1.50 bits per heavy atom. The Bertz CT molecular complexity index is 452. The van der Waals surface area contributed by atoms with Gasteiger partial charge < -0.3 is 5.32 Å². The average molecular weight is 222 g/mol. The topological polar surface area (TPSA) is 79.8 Å². The van der Waals surface area contributed by atoms with Crippen LogP contribution in [-0.2, 0) is 17.9 Å². The van der Waals surface area contributed by atoms with Crippen LogP contribution in [0.5, 0.6) is 0 Å². The highest BCUT2D eigenvalue weighted by Crippen LogP contribution is 1.88. The number of nitriles is 1. The maximum atomic E-state index is 11.6. The van der Waals surface area contributed by atoms with Crippen LogP contribution in [0.4, 0.5) is 0 Å². The number of aryl methyl sites for hydroxylation is 1. The Kier molecular flexibility index (Phi) is 4.33. The SMILES string of the molecule is CCCn1ccn(CC(=O)NCC#N)c1=O. The van der Waals surface area contributed by atoms with E-state index < -0.39 is 0 Å². The van der Waals surface area contributed by atoms with Crippen molar-refractivity contribution in [3.63, 3.8) is 0 Å². The van der Waals surface area contributed by atoms with Crippen LogP contribution in [-0.4, -0.2) is 21.6 Å². The lowest BCUT2D eigenvalue weighted by Crippen LogP contribution is -2.33. The highest BCUT2D eigenvalue weighted by atomic mass is 16.2. The summed E-state index contributed by atoms with van der Waals surface area (Å²) < 4.78 is 2.87. The molecule has 1 N–H and O–H groups in total. The number of carbonyl (C=O) groups is 1. The van der Waals surface area contributed by atoms with Crippen molar-refractivity contribution in [1.82, 2.24) is 14.5 Å². The van der Waals surface area contributed by atoms with Gasteiger partial charge in [-0.1, -0.05) is 6.92 Å². The molecular weight excluding hydrogens is 208 g/mol. The normalized spacial score (nSPS) is 9.75. The summed E-state index contributed by atoms with van der Waals surface area (Å²) in [4.78, 5) is 22.9. The van der Waals surface area contributed by atoms with Gasteiger partial charge in [0.25, 0.3) is 0 Å². The maximum absolute atomic E-state index is 11.6. The summed E-state index contributed by atoms with van der Waals surface area (Å²) in [5.41, 5.74) is -0.200. The first-order chi connectivity index (χ1) is 7.69. The van der Waals surface area contributed by atoms with Gasteiger partial charge >= 0.3 is 5.69 Å². The molecule has 1 amide bonds. The lowest BCUT2D eigenvalue weighted by molar-refractivity contribution is -0.121. The van der Waals surface area contributed by atoms with E-state index in [2.05, 4.69) is 5.32 Å². The van der Waals surface area contributed by atoms with E-state index >= 15 is 0 Å². The number of carbonyl (C=O) groups excluding carboxylic acids is 1. The van der Waals surface area contributed by atoms with Crippen molar-refractivity contribution in [3.05, 3.63) is 22.9 Å². The second kappa shape index (κ2) is 5.75. The third kappa shape index (κ3) is 2.98. The van der Waals surface area contributed by atoms with Gasteiger partial charge in [0.1, 0.15) is 13.1 Å². The van der Waals surface area contributed by atoms with Crippen LogP contribution in [0.25, 0.3) is 0 Å². The summed E-state index contributed by atoms with van der Waals surface area (Å²) >= 11 is 0. The predicted octanol–water partition coefficient (Wildman–Crippen LogP) is -0.300. The summed E-state index contributed by atoms with van der Waals surface area (Å²) in [6.45, 7) is 2.54. The number of hydrogen-bond donors (Lipinski definition) is 1. The van der Waals surface area contributed by atoms with Gasteiger partial charge in [0.2, 0.25) is 5.91 Å². The molecular formula is C10H14N4O2. The lowest BCUT2D eigenvalue weighted by atomic mass is 10.5. The Hall–Kier alpha value is -2.03. The van der Waals surface area contributed by atoms with E-state index in [1.165, 1.54) is 4.57 Å². The number of rotatable bonds is 5. The van der Waals surface area contributed by atoms with Crippen LogP contribution in [0.2, 0.25) is 0 Å². The van der Waals surface area contributed by atoms with Crippen molar-refractivity contribution in [2.24, 2.45) is 0 Å². The maximum Gasteiger partial charge on any atom is 0.328 e. The highest BCUT2D eigenvalue weighted by molar-refractivity contribution is 5.75. The minimum Gasteiger partial charge on any atom is -0.341 e. The molecule has 16 heavy (non-hydrogen) atoms. The molecule has 6 nitrogen and oxygen atoms in total. The molecule has 0 fully saturated rings. The fraction of sp³-hybridized carbons (Fsp3) is 0.500. The molecule has 0 saturated carbocycles. The van der Waals surface area contributed by atoms with Crippen LogP contribution >= 0.6 is 0 Å². The Balaban J connectivity index is 2.65. The van der Waals surface area contributed by atoms with Crippen LogP contribution in [0.15, 0.2) is 17.2 Å². The quantitative estimate of drug-likeness (QED) is 0.694. The molecule has 0 aliphatic heterocycles. The molecule has 0 aliphatic rings. The molecule has 1 aromatic heterocycles. The molecule has 0 radical (unpaired) electrons. The average Bonchev–Trinajstić information content (AvgIpc) is 2.59. The predicted molar refractivity (Wildman–Crippen MR) is 57.6 cm³/mol. The van der Waals surface area contributed by atoms with Gasteiger partial charge in [-0.2, -0.15) is 5.26 Å². The summed E-state index contributed by atoms with van der Waals surface area (Å²) in [6, 6.07) is 1.80. The van der Waals surface area contributed by atoms with Gasteiger partial charge in [-0.15, -0.1) is 0 Å². The largest absolute Gasteiger partial charge is 0.341 e. The monoisotopic (exact) mass is 222 g/mol. The standard InChI is InChI=1S/C10H14N4O2/c1-2-5-13-6-7-14(10(13)16)8-9(15)12-4-3-11/h6-7H,2,4-5,8H2,1H3,(H,12,15). The minimum absolute atomic E-state index is 0.0384. The summed E-state index contributed by atoms with van der Waals surface area (Å²) in [5.74, 6) is -0.335. The van der Waals surface area contributed by atoms with Crippen molar-refractivity contribution >= 4 is 5.91 Å². The summed E-state index contributed by atoms with van der Waals surface area (Å²) in [7, 11) is 0. The molecule has 0 saturated heterocycles. The zero-order valence-electron chi connectivity index (χ0n) is 9.14. The van der Waals surface area contributed by atoms with Gasteiger partial charge in [0, 0.05) is 18.9 Å². The van der Waals surface area contributed by atoms with Crippen molar-refractivity contribution < 1.29 is 4.79 Å². The van der Waals surface area contributed by atoms with Gasteiger partial charge in [0.05, 0.1) is 6.07 Å². The molecule has 1 aromatic rings. The van der Waals surface area contributed by atoms with Gasteiger partial charge in [-0.05, 0) is 6.42 Å². The van der Waals surface area contributed by atoms with Gasteiger partial charge in [-0.25, -0.2) is 4.79 Å². The first-order valence-electron chi connectivity index (χ1n) is 5.08. The van der Waals surface area contributed by atoms with E-state index in [4.69, 9.17) is 5.26 Å². The fourth-order valence-electron chi connectivity index (χ4n) is 1.33. The number of hydrogen-bond acceptors (Lipinski definition) is 3. The van der Waals surface area contributed by atoms with E-state index in [-0.39, 0.29) is 24.7 Å². The molecule has 1 heterocycles. The second-order valence-electron chi connectivity index (χ2n) is 3.34. The molecule has 0 atom stereocenters. The molecule has 0 bridgehead atoms. The second-order valence-corrected chi connectivity index (χ2v) is 3.34. The zero-order valence-corrected chi connectivity index (χ0v) is 9.14. The first kappa shape index (κ1) is 12.0. The molecule has 0 aliphatic carbocycles. The number of amides is 1. The van der Waals surface area contributed by atoms with Crippen molar-refractivity contribution in [1.29, 1.82) is 5.26 Å². The molecule has 0 spiro atoms.